The van der Waals surface area contributed by atoms with Crippen LogP contribution in [0.1, 0.15) is 10.5 Å². The minimum atomic E-state index is -1.18. The van der Waals surface area contributed by atoms with Crippen molar-refractivity contribution in [2.24, 2.45) is 0 Å². The highest BCUT2D eigenvalue weighted by Crippen LogP contribution is 2.43. The van der Waals surface area contributed by atoms with Gasteiger partial charge in [0, 0.05) is 15.8 Å². The minimum absolute atomic E-state index is 0.199. The maximum Gasteiger partial charge on any atom is 0.322 e. The summed E-state index contributed by atoms with van der Waals surface area (Å²) in [6.45, 7) is -0.558. The van der Waals surface area contributed by atoms with E-state index < -0.39 is 18.4 Å². The van der Waals surface area contributed by atoms with Crippen LogP contribution >= 0.6 is 11.3 Å². The Kier molecular flexibility index (Phi) is 4.97. The summed E-state index contributed by atoms with van der Waals surface area (Å²) in [5.74, 6) is -2.18. The summed E-state index contributed by atoms with van der Waals surface area (Å²) in [4.78, 5) is 28.6. The number of aromatic hydroxyl groups is 1. The van der Waals surface area contributed by atoms with Crippen LogP contribution in [0.4, 0.5) is 0 Å². The van der Waals surface area contributed by atoms with E-state index in [-0.39, 0.29) is 11.4 Å². The molecule has 0 bridgehead atoms. The highest BCUT2D eigenvalue weighted by molar-refractivity contribution is 7.22. The lowest BCUT2D eigenvalue weighted by Gasteiger charge is -2.09. The number of aromatic nitrogens is 1. The van der Waals surface area contributed by atoms with Crippen LogP contribution < -0.4 is 5.32 Å². The quantitative estimate of drug-likeness (QED) is 0.464. The third kappa shape index (κ3) is 3.68. The number of nitrogens with zero attached hydrogens (tertiary/aromatic N) is 1. The summed E-state index contributed by atoms with van der Waals surface area (Å²) in [5, 5.41) is 22.3. The number of thiophene rings is 1. The summed E-state index contributed by atoms with van der Waals surface area (Å²) < 4.78 is 0.752. The first-order valence-corrected chi connectivity index (χ1v) is 9.63. The van der Waals surface area contributed by atoms with E-state index in [4.69, 9.17) is 5.11 Å². The summed E-state index contributed by atoms with van der Waals surface area (Å²) in [6, 6.07) is 20.9. The lowest BCUT2D eigenvalue weighted by molar-refractivity contribution is -0.135. The van der Waals surface area contributed by atoms with Gasteiger partial charge in [-0.15, -0.1) is 11.3 Å². The number of carbonyl (C=O) groups is 2. The van der Waals surface area contributed by atoms with Crippen molar-refractivity contribution in [2.75, 3.05) is 6.54 Å². The number of carboxylic acids is 1. The summed E-state index contributed by atoms with van der Waals surface area (Å²) in [7, 11) is 0. The van der Waals surface area contributed by atoms with Crippen molar-refractivity contribution in [3.05, 3.63) is 72.4 Å². The first-order valence-electron chi connectivity index (χ1n) is 8.82. The second kappa shape index (κ2) is 7.73. The minimum Gasteiger partial charge on any atom is -0.505 e. The van der Waals surface area contributed by atoms with Gasteiger partial charge in [0.05, 0.1) is 10.4 Å². The van der Waals surface area contributed by atoms with Gasteiger partial charge in [0.25, 0.3) is 5.91 Å². The summed E-state index contributed by atoms with van der Waals surface area (Å²) in [6.07, 6.45) is 0. The molecule has 4 aromatic rings. The lowest BCUT2D eigenvalue weighted by Crippen LogP contribution is -2.30. The van der Waals surface area contributed by atoms with E-state index in [2.05, 4.69) is 10.3 Å². The number of amides is 1. The average molecular weight is 404 g/mol. The molecule has 0 saturated carbocycles. The molecule has 4 rings (SSSR count). The normalized spacial score (nSPS) is 10.8. The molecule has 0 aliphatic carbocycles. The van der Waals surface area contributed by atoms with Crippen LogP contribution in [0.25, 0.3) is 31.8 Å². The number of carboxylic acid groups (broad SMARTS) is 1. The number of carbonyl (C=O) groups excluding carboxylic acids is 1. The number of fused-ring (bicyclic) bond motifs is 1. The zero-order chi connectivity index (χ0) is 20.4. The van der Waals surface area contributed by atoms with Crippen LogP contribution in [0.15, 0.2) is 66.7 Å². The highest BCUT2D eigenvalue weighted by atomic mass is 32.1. The van der Waals surface area contributed by atoms with Gasteiger partial charge in [-0.25, -0.2) is 4.98 Å². The Morgan fingerprint density at radius 1 is 0.966 bits per heavy atom. The van der Waals surface area contributed by atoms with E-state index >= 15 is 0 Å². The van der Waals surface area contributed by atoms with E-state index in [0.29, 0.717) is 11.1 Å². The van der Waals surface area contributed by atoms with Crippen LogP contribution in [0.2, 0.25) is 0 Å². The molecule has 6 nitrogen and oxygen atoms in total. The number of aliphatic carboxylic acids is 1. The number of hydrogen-bond donors (Lipinski definition) is 3. The summed E-state index contributed by atoms with van der Waals surface area (Å²) in [5.41, 5.74) is 2.15. The molecule has 2 aromatic heterocycles. The fourth-order valence-corrected chi connectivity index (χ4v) is 4.20. The SMILES string of the molecule is O=C(O)CNC(=O)c1nc(-c2ccccc2)c2sc(-c3ccccc3)cc2c1O. The molecule has 144 valence electrons. The molecule has 0 atom stereocenters. The molecular weight excluding hydrogens is 388 g/mol. The van der Waals surface area contributed by atoms with Crippen molar-refractivity contribution in [2.45, 2.75) is 0 Å². The molecule has 1 amide bonds. The molecule has 0 aliphatic rings. The summed E-state index contributed by atoms with van der Waals surface area (Å²) >= 11 is 1.48. The first-order chi connectivity index (χ1) is 14.0. The number of rotatable bonds is 5. The molecule has 0 unspecified atom stereocenters. The van der Waals surface area contributed by atoms with Gasteiger partial charge in [-0.2, -0.15) is 0 Å². The van der Waals surface area contributed by atoms with Gasteiger partial charge >= 0.3 is 5.97 Å². The predicted octanol–water partition coefficient (Wildman–Crippen LogP) is 4.15. The Balaban J connectivity index is 1.93. The molecular formula is C22H16N2O4S. The van der Waals surface area contributed by atoms with Crippen LogP contribution in [0, 0.1) is 0 Å². The van der Waals surface area contributed by atoms with Crippen LogP contribution in [-0.4, -0.2) is 33.6 Å². The van der Waals surface area contributed by atoms with Gasteiger partial charge in [-0.3, -0.25) is 9.59 Å². The molecule has 29 heavy (non-hydrogen) atoms. The van der Waals surface area contributed by atoms with Crippen LogP contribution in [-0.2, 0) is 4.79 Å². The van der Waals surface area contributed by atoms with Crippen molar-refractivity contribution >= 4 is 33.3 Å². The van der Waals surface area contributed by atoms with Crippen molar-refractivity contribution < 1.29 is 19.8 Å². The van der Waals surface area contributed by atoms with E-state index in [1.54, 1.807) is 0 Å². The Labute approximate surface area is 170 Å². The van der Waals surface area contributed by atoms with Crippen LogP contribution in [0.5, 0.6) is 5.75 Å². The van der Waals surface area contributed by atoms with E-state index in [9.17, 15) is 14.7 Å². The number of hydrogen-bond acceptors (Lipinski definition) is 5. The van der Waals surface area contributed by atoms with Gasteiger partial charge in [-0.05, 0) is 11.6 Å². The number of benzene rings is 2. The molecule has 2 aromatic carbocycles. The molecule has 0 spiro atoms. The topological polar surface area (TPSA) is 99.5 Å². The van der Waals surface area contributed by atoms with Gasteiger partial charge in [0.15, 0.2) is 11.4 Å². The van der Waals surface area contributed by atoms with Gasteiger partial charge in [0.2, 0.25) is 0 Å². The zero-order valence-electron chi connectivity index (χ0n) is 15.1. The van der Waals surface area contributed by atoms with Gasteiger partial charge in [0.1, 0.15) is 6.54 Å². The smallest absolute Gasteiger partial charge is 0.322 e. The predicted molar refractivity (Wildman–Crippen MR) is 112 cm³/mol. The average Bonchev–Trinajstić information content (AvgIpc) is 3.20. The monoisotopic (exact) mass is 404 g/mol. The molecule has 3 N–H and O–H groups in total. The maximum atomic E-state index is 12.5. The lowest BCUT2D eigenvalue weighted by atomic mass is 10.1. The van der Waals surface area contributed by atoms with Gasteiger partial charge in [-0.1, -0.05) is 60.7 Å². The fourth-order valence-electron chi connectivity index (χ4n) is 3.02. The van der Waals surface area contributed by atoms with Crippen LogP contribution in [0.3, 0.4) is 0 Å². The van der Waals surface area contributed by atoms with Crippen molar-refractivity contribution in [1.82, 2.24) is 10.3 Å². The van der Waals surface area contributed by atoms with E-state index in [0.717, 1.165) is 20.7 Å². The maximum absolute atomic E-state index is 12.5. The van der Waals surface area contributed by atoms with Crippen molar-refractivity contribution in [3.63, 3.8) is 0 Å². The van der Waals surface area contributed by atoms with E-state index in [1.807, 2.05) is 66.7 Å². The third-order valence-electron chi connectivity index (χ3n) is 4.37. The number of pyridine rings is 1. The van der Waals surface area contributed by atoms with Crippen molar-refractivity contribution in [1.29, 1.82) is 0 Å². The molecule has 0 aliphatic heterocycles. The molecule has 2 heterocycles. The third-order valence-corrected chi connectivity index (χ3v) is 5.56. The van der Waals surface area contributed by atoms with Crippen molar-refractivity contribution in [3.8, 4) is 27.4 Å². The highest BCUT2D eigenvalue weighted by Gasteiger charge is 2.22. The molecule has 7 heteroatoms. The van der Waals surface area contributed by atoms with E-state index in [1.165, 1.54) is 11.3 Å². The largest absolute Gasteiger partial charge is 0.505 e. The Morgan fingerprint density at radius 3 is 2.21 bits per heavy atom. The standard InChI is InChI=1S/C22H16N2O4S/c25-17(26)12-23-22(28)19-20(27)15-11-16(13-7-3-1-4-8-13)29-21(15)18(24-19)14-9-5-2-6-10-14/h1-11,27H,12H2,(H,23,28)(H,25,26). The second-order valence-electron chi connectivity index (χ2n) is 6.32. The molecule has 0 fully saturated rings. The molecule has 0 saturated heterocycles. The molecule has 0 radical (unpaired) electrons. The first kappa shape index (κ1) is 18.6. The zero-order valence-corrected chi connectivity index (χ0v) is 15.9. The number of nitrogens with one attached hydrogen (secondary N) is 1. The Hall–Kier alpha value is -3.71. The van der Waals surface area contributed by atoms with Gasteiger partial charge < -0.3 is 15.5 Å². The Morgan fingerprint density at radius 2 is 1.59 bits per heavy atom. The Bertz CT molecular complexity index is 1200. The second-order valence-corrected chi connectivity index (χ2v) is 7.37. The fraction of sp³-hybridized carbons (Fsp3) is 0.0455.